The van der Waals surface area contributed by atoms with Gasteiger partial charge in [0.1, 0.15) is 0 Å². The normalized spacial score (nSPS) is 13.2. The molecule has 2 aromatic heterocycles. The van der Waals surface area contributed by atoms with Crippen LogP contribution in [0.25, 0.3) is 110 Å². The largest absolute Gasteiger partial charge is 0.309 e. The Morgan fingerprint density at radius 2 is 0.731 bits per heavy atom. The highest BCUT2D eigenvalue weighted by atomic mass is 15.0. The van der Waals surface area contributed by atoms with Gasteiger partial charge in [-0.05, 0) is 150 Å². The van der Waals surface area contributed by atoms with Crippen molar-refractivity contribution in [3.63, 3.8) is 0 Å². The third-order valence-corrected chi connectivity index (χ3v) is 15.1. The molecule has 2 heteroatoms. The van der Waals surface area contributed by atoms with Gasteiger partial charge >= 0.3 is 0 Å². The number of para-hydroxylation sites is 4. The van der Waals surface area contributed by atoms with E-state index in [1.165, 1.54) is 133 Å². The van der Waals surface area contributed by atoms with E-state index in [-0.39, 0.29) is 0 Å². The van der Waals surface area contributed by atoms with E-state index in [0.29, 0.717) is 0 Å². The summed E-state index contributed by atoms with van der Waals surface area (Å²) in [5, 5.41) is 7.56. The molecule has 0 saturated carbocycles. The second-order valence-electron chi connectivity index (χ2n) is 18.3. The smallest absolute Gasteiger partial charge is 0.0731 e. The molecule has 310 valence electrons. The Hall–Kier alpha value is -8.72. The SMILES string of the molecule is c1ccc(-n2c3ccccc3c3cc(-c4ccc5c(c4)C4(c6ccccc6-c6ccccc64)c4c-5c(-c5ccc6c(c5)c5ccccc5n6-c5ccccc5)cc5ccccc45)ccc32)cc1. The average Bonchev–Trinajstić information content (AvgIpc) is 4.11. The van der Waals surface area contributed by atoms with Crippen molar-refractivity contribution in [2.75, 3.05) is 0 Å². The summed E-state index contributed by atoms with van der Waals surface area (Å²) in [7, 11) is 0. The van der Waals surface area contributed by atoms with Crippen molar-refractivity contribution < 1.29 is 0 Å². The summed E-state index contributed by atoms with van der Waals surface area (Å²) >= 11 is 0. The van der Waals surface area contributed by atoms with E-state index in [1.54, 1.807) is 0 Å². The molecule has 2 heterocycles. The van der Waals surface area contributed by atoms with Crippen LogP contribution in [0.4, 0.5) is 0 Å². The van der Waals surface area contributed by atoms with Gasteiger partial charge in [-0.1, -0.05) is 170 Å². The Kier molecular flexibility index (Phi) is 7.46. The molecule has 0 bridgehead atoms. The lowest BCUT2D eigenvalue weighted by molar-refractivity contribution is 0.802. The zero-order chi connectivity index (χ0) is 43.8. The highest BCUT2D eigenvalue weighted by Gasteiger charge is 2.53. The summed E-state index contributed by atoms with van der Waals surface area (Å²) in [6.07, 6.45) is 0. The number of benzene rings is 11. The first-order chi connectivity index (χ1) is 33.3. The van der Waals surface area contributed by atoms with E-state index >= 15 is 0 Å². The van der Waals surface area contributed by atoms with Crippen molar-refractivity contribution in [2.45, 2.75) is 5.41 Å². The molecule has 11 aromatic carbocycles. The van der Waals surface area contributed by atoms with Crippen molar-refractivity contribution in [1.29, 1.82) is 0 Å². The van der Waals surface area contributed by atoms with Gasteiger partial charge in [0.05, 0.1) is 27.5 Å². The Morgan fingerprint density at radius 1 is 0.269 bits per heavy atom. The maximum absolute atomic E-state index is 2.54. The lowest BCUT2D eigenvalue weighted by Gasteiger charge is -2.32. The minimum atomic E-state index is -0.551. The summed E-state index contributed by atoms with van der Waals surface area (Å²) in [6.45, 7) is 0. The van der Waals surface area contributed by atoms with Crippen molar-refractivity contribution >= 4 is 54.4 Å². The number of hydrogen-bond acceptors (Lipinski definition) is 0. The lowest BCUT2D eigenvalue weighted by atomic mass is 9.69. The van der Waals surface area contributed by atoms with Gasteiger partial charge in [-0.3, -0.25) is 0 Å². The van der Waals surface area contributed by atoms with E-state index in [9.17, 15) is 0 Å². The molecule has 2 aliphatic rings. The predicted octanol–water partition coefficient (Wildman–Crippen LogP) is 16.7. The zero-order valence-corrected chi connectivity index (χ0v) is 36.5. The molecule has 1 spiro atoms. The van der Waals surface area contributed by atoms with Gasteiger partial charge in [0.2, 0.25) is 0 Å². The quantitative estimate of drug-likeness (QED) is 0.167. The molecular weight excluding hydrogens is 809 g/mol. The van der Waals surface area contributed by atoms with Crippen molar-refractivity contribution in [3.05, 3.63) is 265 Å². The fraction of sp³-hybridized carbons (Fsp3) is 0.0154. The number of aromatic nitrogens is 2. The van der Waals surface area contributed by atoms with Crippen LogP contribution in [0.5, 0.6) is 0 Å². The number of rotatable bonds is 4. The Labute approximate surface area is 387 Å². The van der Waals surface area contributed by atoms with Crippen LogP contribution in [-0.2, 0) is 5.41 Å². The Morgan fingerprint density at radius 3 is 1.36 bits per heavy atom. The van der Waals surface area contributed by atoms with E-state index in [4.69, 9.17) is 0 Å². The highest BCUT2D eigenvalue weighted by Crippen LogP contribution is 2.66. The molecule has 0 saturated heterocycles. The van der Waals surface area contributed by atoms with Gasteiger partial charge in [-0.2, -0.15) is 0 Å². The van der Waals surface area contributed by atoms with Crippen LogP contribution in [0, 0.1) is 0 Å². The third-order valence-electron chi connectivity index (χ3n) is 15.1. The summed E-state index contributed by atoms with van der Waals surface area (Å²) in [5.41, 5.74) is 22.2. The first-order valence-electron chi connectivity index (χ1n) is 23.3. The molecular formula is C65H40N2. The molecule has 2 nitrogen and oxygen atoms in total. The van der Waals surface area contributed by atoms with Crippen LogP contribution in [0.1, 0.15) is 22.3 Å². The first kappa shape index (κ1) is 36.6. The van der Waals surface area contributed by atoms with Gasteiger partial charge in [0.25, 0.3) is 0 Å². The molecule has 0 fully saturated rings. The van der Waals surface area contributed by atoms with Crippen LogP contribution in [0.3, 0.4) is 0 Å². The van der Waals surface area contributed by atoms with Gasteiger partial charge in [0.15, 0.2) is 0 Å². The molecule has 2 aliphatic carbocycles. The minimum Gasteiger partial charge on any atom is -0.309 e. The number of fused-ring (bicyclic) bond motifs is 18. The topological polar surface area (TPSA) is 9.86 Å². The molecule has 0 radical (unpaired) electrons. The molecule has 0 atom stereocenters. The summed E-state index contributed by atoms with van der Waals surface area (Å²) in [6, 6.07) is 90.7. The fourth-order valence-corrected chi connectivity index (χ4v) is 12.4. The maximum atomic E-state index is 2.54. The van der Waals surface area contributed by atoms with Crippen molar-refractivity contribution in [3.8, 4) is 55.9 Å². The number of hydrogen-bond donors (Lipinski definition) is 0. The van der Waals surface area contributed by atoms with Gasteiger partial charge in [0, 0.05) is 32.9 Å². The van der Waals surface area contributed by atoms with Crippen LogP contribution in [0.15, 0.2) is 243 Å². The lowest BCUT2D eigenvalue weighted by Crippen LogP contribution is -2.26. The molecule has 0 unspecified atom stereocenters. The highest BCUT2D eigenvalue weighted by molar-refractivity contribution is 6.14. The van der Waals surface area contributed by atoms with Crippen LogP contribution < -0.4 is 0 Å². The molecule has 13 aromatic rings. The van der Waals surface area contributed by atoms with E-state index in [1.807, 2.05) is 0 Å². The first-order valence-corrected chi connectivity index (χ1v) is 23.3. The van der Waals surface area contributed by atoms with Gasteiger partial charge < -0.3 is 9.13 Å². The second kappa shape index (κ2) is 13.7. The molecule has 0 N–H and O–H groups in total. The van der Waals surface area contributed by atoms with Gasteiger partial charge in [-0.15, -0.1) is 0 Å². The van der Waals surface area contributed by atoms with E-state index in [0.717, 1.165) is 0 Å². The maximum Gasteiger partial charge on any atom is 0.0731 e. The van der Waals surface area contributed by atoms with Crippen LogP contribution in [0.2, 0.25) is 0 Å². The fourth-order valence-electron chi connectivity index (χ4n) is 12.4. The summed E-state index contributed by atoms with van der Waals surface area (Å²) in [4.78, 5) is 0. The minimum absolute atomic E-state index is 0.551. The van der Waals surface area contributed by atoms with E-state index in [2.05, 4.69) is 252 Å². The van der Waals surface area contributed by atoms with Gasteiger partial charge in [-0.25, -0.2) is 0 Å². The second-order valence-corrected chi connectivity index (χ2v) is 18.3. The molecule has 0 amide bonds. The third kappa shape index (κ3) is 4.89. The summed E-state index contributed by atoms with van der Waals surface area (Å²) < 4.78 is 4.81. The Bertz CT molecular complexity index is 4160. The van der Waals surface area contributed by atoms with Crippen LogP contribution in [-0.4, -0.2) is 9.13 Å². The van der Waals surface area contributed by atoms with E-state index < -0.39 is 5.41 Å². The molecule has 0 aliphatic heterocycles. The van der Waals surface area contributed by atoms with Crippen molar-refractivity contribution in [1.82, 2.24) is 9.13 Å². The Balaban J connectivity index is 1.03. The zero-order valence-electron chi connectivity index (χ0n) is 36.5. The molecule has 67 heavy (non-hydrogen) atoms. The standard InChI is InChI=1S/C65H40N2/c1-3-18-45(19-4-1)66-59-29-15-11-25-50(59)54-37-41(32-35-61(54)66)42-31-34-52-58(40-42)65(56-27-13-9-23-48(56)49-24-10-14-28-57(49)65)64-47-22-8-7-17-43(47)38-53(63(52)64)44-33-36-62-55(39-44)51-26-12-16-30-60(51)67(62)46-20-5-2-6-21-46/h1-40H. The summed E-state index contributed by atoms with van der Waals surface area (Å²) in [5.74, 6) is 0. The monoisotopic (exact) mass is 848 g/mol. The predicted molar refractivity (Wildman–Crippen MR) is 280 cm³/mol. The van der Waals surface area contributed by atoms with Crippen LogP contribution >= 0.6 is 0 Å². The average molecular weight is 849 g/mol. The number of nitrogens with zero attached hydrogens (tertiary/aromatic N) is 2. The van der Waals surface area contributed by atoms with Crippen molar-refractivity contribution in [2.24, 2.45) is 0 Å². The molecule has 15 rings (SSSR count).